The molecule has 114 valence electrons. The van der Waals surface area contributed by atoms with Crippen molar-refractivity contribution in [3.05, 3.63) is 40.4 Å². The van der Waals surface area contributed by atoms with E-state index in [4.69, 9.17) is 14.5 Å². The quantitative estimate of drug-likeness (QED) is 0.618. The normalized spacial score (nSPS) is 10.3. The number of carbonyl (C=O) groups is 1. The number of nitriles is 1. The molecule has 0 unspecified atom stereocenters. The second-order valence-corrected chi connectivity index (χ2v) is 5.44. The molecule has 0 fully saturated rings. The van der Waals surface area contributed by atoms with Crippen molar-refractivity contribution >= 4 is 17.7 Å². The van der Waals surface area contributed by atoms with Gasteiger partial charge in [0.15, 0.2) is 0 Å². The van der Waals surface area contributed by atoms with Crippen molar-refractivity contribution < 1.29 is 14.1 Å². The van der Waals surface area contributed by atoms with Crippen molar-refractivity contribution in [3.63, 3.8) is 0 Å². The van der Waals surface area contributed by atoms with E-state index < -0.39 is 5.97 Å². The third-order valence-corrected chi connectivity index (χ3v) is 4.02. The lowest BCUT2D eigenvalue weighted by atomic mass is 10.2. The number of carbonyl (C=O) groups excluding carboxylic acids is 1. The maximum Gasteiger partial charge on any atom is 0.356 e. The van der Waals surface area contributed by atoms with Crippen LogP contribution in [0, 0.1) is 25.2 Å². The first-order chi connectivity index (χ1) is 10.6. The Morgan fingerprint density at radius 3 is 2.82 bits per heavy atom. The fraction of sp³-hybridized carbons (Fsp3) is 0.333. The molecule has 0 radical (unpaired) electrons. The number of pyridine rings is 1. The molecule has 0 aliphatic rings. The molecule has 0 saturated carbocycles. The minimum Gasteiger partial charge on any atom is -0.461 e. The van der Waals surface area contributed by atoms with Gasteiger partial charge in [-0.3, -0.25) is 0 Å². The predicted octanol–water partition coefficient (Wildman–Crippen LogP) is 3.03. The summed E-state index contributed by atoms with van der Waals surface area (Å²) in [5.74, 6) is 0.811. The van der Waals surface area contributed by atoms with Crippen LogP contribution in [0.4, 0.5) is 0 Å². The summed E-state index contributed by atoms with van der Waals surface area (Å²) in [5.41, 5.74) is 2.40. The number of thioether (sulfide) groups is 1. The molecule has 22 heavy (non-hydrogen) atoms. The summed E-state index contributed by atoms with van der Waals surface area (Å²) in [6.45, 7) is 5.71. The Kier molecular flexibility index (Phi) is 5.17. The van der Waals surface area contributed by atoms with Gasteiger partial charge in [0.25, 0.3) is 0 Å². The van der Waals surface area contributed by atoms with Gasteiger partial charge in [0.2, 0.25) is 0 Å². The molecule has 0 aromatic carbocycles. The Bertz CT molecular complexity index is 715. The van der Waals surface area contributed by atoms with Crippen LogP contribution in [0.3, 0.4) is 0 Å². The Morgan fingerprint density at radius 2 is 2.23 bits per heavy atom. The summed E-state index contributed by atoms with van der Waals surface area (Å²) in [5, 5.41) is 13.6. The lowest BCUT2D eigenvalue weighted by Crippen LogP contribution is -2.08. The zero-order valence-corrected chi connectivity index (χ0v) is 13.4. The first kappa shape index (κ1) is 16.0. The van der Waals surface area contributed by atoms with Gasteiger partial charge in [-0.2, -0.15) is 5.26 Å². The monoisotopic (exact) mass is 317 g/mol. The molecule has 0 aliphatic heterocycles. The molecule has 6 nitrogen and oxygen atoms in total. The first-order valence-electron chi connectivity index (χ1n) is 6.69. The highest BCUT2D eigenvalue weighted by atomic mass is 32.2. The van der Waals surface area contributed by atoms with E-state index in [2.05, 4.69) is 16.2 Å². The highest BCUT2D eigenvalue weighted by Crippen LogP contribution is 2.27. The molecule has 2 heterocycles. The summed E-state index contributed by atoms with van der Waals surface area (Å²) in [7, 11) is 0. The zero-order chi connectivity index (χ0) is 16.1. The largest absolute Gasteiger partial charge is 0.461 e. The minimum atomic E-state index is -0.494. The molecular formula is C15H15N3O3S. The lowest BCUT2D eigenvalue weighted by molar-refractivity contribution is 0.0518. The average molecular weight is 317 g/mol. The maximum absolute atomic E-state index is 11.7. The number of rotatable bonds is 5. The molecule has 0 amide bonds. The number of nitrogens with zero attached hydrogens (tertiary/aromatic N) is 3. The van der Waals surface area contributed by atoms with Gasteiger partial charge < -0.3 is 9.26 Å². The summed E-state index contributed by atoms with van der Waals surface area (Å²) in [4.78, 5) is 16.0. The summed E-state index contributed by atoms with van der Waals surface area (Å²) >= 11 is 1.37. The van der Waals surface area contributed by atoms with Gasteiger partial charge in [0.1, 0.15) is 22.5 Å². The van der Waals surface area contributed by atoms with Gasteiger partial charge in [-0.1, -0.05) is 5.16 Å². The number of aryl methyl sites for hydroxylation is 2. The van der Waals surface area contributed by atoms with Crippen LogP contribution in [-0.4, -0.2) is 22.7 Å². The molecule has 0 bridgehead atoms. The van der Waals surface area contributed by atoms with E-state index in [1.807, 2.05) is 13.8 Å². The number of hydrogen-bond acceptors (Lipinski definition) is 7. The number of hydrogen-bond donors (Lipinski definition) is 0. The van der Waals surface area contributed by atoms with Gasteiger partial charge in [-0.15, -0.1) is 11.8 Å². The van der Waals surface area contributed by atoms with Gasteiger partial charge >= 0.3 is 5.97 Å². The van der Waals surface area contributed by atoms with Crippen LogP contribution >= 0.6 is 11.8 Å². The summed E-state index contributed by atoms with van der Waals surface area (Å²) in [6.07, 6.45) is 0. The number of aromatic nitrogens is 2. The summed E-state index contributed by atoms with van der Waals surface area (Å²) < 4.78 is 10.0. The van der Waals surface area contributed by atoms with Crippen molar-refractivity contribution in [2.75, 3.05) is 6.61 Å². The van der Waals surface area contributed by atoms with Crippen molar-refractivity contribution in [2.45, 2.75) is 31.6 Å². The van der Waals surface area contributed by atoms with E-state index in [-0.39, 0.29) is 12.3 Å². The van der Waals surface area contributed by atoms with Gasteiger partial charge in [0.05, 0.1) is 17.9 Å². The molecule has 0 aliphatic carbocycles. The van der Waals surface area contributed by atoms with E-state index in [1.54, 1.807) is 13.0 Å². The van der Waals surface area contributed by atoms with Crippen LogP contribution in [0.15, 0.2) is 21.7 Å². The molecule has 0 saturated heterocycles. The molecule has 2 rings (SSSR count). The zero-order valence-electron chi connectivity index (χ0n) is 12.5. The van der Waals surface area contributed by atoms with Crippen LogP contribution in [0.2, 0.25) is 0 Å². The topological polar surface area (TPSA) is 89.0 Å². The molecule has 0 atom stereocenters. The highest BCUT2D eigenvalue weighted by molar-refractivity contribution is 7.98. The lowest BCUT2D eigenvalue weighted by Gasteiger charge is -2.06. The predicted molar refractivity (Wildman–Crippen MR) is 80.4 cm³/mol. The van der Waals surface area contributed by atoms with Crippen LogP contribution in [0.1, 0.15) is 40.0 Å². The van der Waals surface area contributed by atoms with E-state index in [1.165, 1.54) is 17.8 Å². The molecule has 2 aromatic rings. The van der Waals surface area contributed by atoms with Crippen LogP contribution in [0.25, 0.3) is 0 Å². The van der Waals surface area contributed by atoms with Crippen LogP contribution in [-0.2, 0) is 10.5 Å². The van der Waals surface area contributed by atoms with Gasteiger partial charge in [0, 0.05) is 11.3 Å². The van der Waals surface area contributed by atoms with Crippen molar-refractivity contribution in [3.8, 4) is 6.07 Å². The molecule has 0 N–H and O–H groups in total. The van der Waals surface area contributed by atoms with Crippen LogP contribution in [0.5, 0.6) is 0 Å². The standard InChI is InChI=1S/C15H15N3O3S/c1-4-20-15(19)13-6-5-11(7-16)14(17-13)22-8-12-9(2)18-21-10(12)3/h5-6H,4,8H2,1-3H3. The average Bonchev–Trinajstić information content (AvgIpc) is 2.84. The fourth-order valence-electron chi connectivity index (χ4n) is 1.80. The molecular weight excluding hydrogens is 302 g/mol. The van der Waals surface area contributed by atoms with E-state index >= 15 is 0 Å². The fourth-order valence-corrected chi connectivity index (χ4v) is 2.93. The van der Waals surface area contributed by atoms with Crippen LogP contribution < -0.4 is 0 Å². The Labute approximate surface area is 132 Å². The number of esters is 1. The van der Waals surface area contributed by atoms with Gasteiger partial charge in [-0.25, -0.2) is 9.78 Å². The SMILES string of the molecule is CCOC(=O)c1ccc(C#N)c(SCc2c(C)noc2C)n1. The maximum atomic E-state index is 11.7. The molecule has 0 spiro atoms. The van der Waals surface area contributed by atoms with Crippen molar-refractivity contribution in [1.29, 1.82) is 5.26 Å². The summed E-state index contributed by atoms with van der Waals surface area (Å²) in [6, 6.07) is 5.15. The Morgan fingerprint density at radius 1 is 1.45 bits per heavy atom. The van der Waals surface area contributed by atoms with E-state index in [0.717, 1.165) is 17.0 Å². The minimum absolute atomic E-state index is 0.196. The Balaban J connectivity index is 2.23. The Hall–Kier alpha value is -2.33. The second-order valence-electron chi connectivity index (χ2n) is 4.47. The third-order valence-electron chi connectivity index (χ3n) is 3.00. The first-order valence-corrected chi connectivity index (χ1v) is 7.68. The van der Waals surface area contributed by atoms with Crippen molar-refractivity contribution in [1.82, 2.24) is 10.1 Å². The van der Waals surface area contributed by atoms with Gasteiger partial charge in [-0.05, 0) is 32.9 Å². The van der Waals surface area contributed by atoms with E-state index in [0.29, 0.717) is 16.3 Å². The van der Waals surface area contributed by atoms with Crippen molar-refractivity contribution in [2.24, 2.45) is 0 Å². The van der Waals surface area contributed by atoms with E-state index in [9.17, 15) is 4.79 Å². The smallest absolute Gasteiger partial charge is 0.356 e. The second kappa shape index (κ2) is 7.09. The molecule has 7 heteroatoms. The molecule has 2 aromatic heterocycles. The number of ether oxygens (including phenoxy) is 1. The third kappa shape index (κ3) is 3.46. The highest BCUT2D eigenvalue weighted by Gasteiger charge is 2.15.